The highest BCUT2D eigenvalue weighted by molar-refractivity contribution is 9.10. The van der Waals surface area contributed by atoms with Gasteiger partial charge in [0.25, 0.3) is 0 Å². The van der Waals surface area contributed by atoms with Crippen molar-refractivity contribution in [1.29, 1.82) is 0 Å². The number of halogens is 2. The zero-order valence-corrected chi connectivity index (χ0v) is 15.1. The Balaban J connectivity index is 2.25. The van der Waals surface area contributed by atoms with Gasteiger partial charge in [-0.1, -0.05) is 35.0 Å². The molecule has 20 heavy (non-hydrogen) atoms. The van der Waals surface area contributed by atoms with E-state index in [-0.39, 0.29) is 6.04 Å². The Labute approximate surface area is 136 Å². The Morgan fingerprint density at radius 2 is 2.05 bits per heavy atom. The third kappa shape index (κ3) is 3.15. The molecule has 2 aromatic rings. The fourth-order valence-corrected chi connectivity index (χ4v) is 3.38. The van der Waals surface area contributed by atoms with Crippen LogP contribution in [-0.4, -0.2) is 9.78 Å². The van der Waals surface area contributed by atoms with Crippen LogP contribution < -0.4 is 5.73 Å². The van der Waals surface area contributed by atoms with Crippen molar-refractivity contribution in [3.63, 3.8) is 0 Å². The molecule has 0 spiro atoms. The molecule has 3 nitrogen and oxygen atoms in total. The Kier molecular flexibility index (Phi) is 5.04. The average Bonchev–Trinajstić information content (AvgIpc) is 2.69. The lowest BCUT2D eigenvalue weighted by Gasteiger charge is -2.14. The summed E-state index contributed by atoms with van der Waals surface area (Å²) in [5.74, 6) is 0. The maximum Gasteiger partial charge on any atom is 0.0766 e. The summed E-state index contributed by atoms with van der Waals surface area (Å²) in [4.78, 5) is 0. The lowest BCUT2D eigenvalue weighted by atomic mass is 10.0. The van der Waals surface area contributed by atoms with Crippen molar-refractivity contribution in [2.24, 2.45) is 12.8 Å². The summed E-state index contributed by atoms with van der Waals surface area (Å²) >= 11 is 7.20. The summed E-state index contributed by atoms with van der Waals surface area (Å²) < 4.78 is 4.11. The first-order valence-corrected chi connectivity index (χ1v) is 8.24. The van der Waals surface area contributed by atoms with Gasteiger partial charge in [0.2, 0.25) is 0 Å². The first-order chi connectivity index (χ1) is 9.43. The Morgan fingerprint density at radius 3 is 2.60 bits per heavy atom. The fraction of sp³-hybridized carbons (Fsp3) is 0.400. The third-order valence-corrected chi connectivity index (χ3v) is 5.31. The number of hydrogen-bond donors (Lipinski definition) is 1. The van der Waals surface area contributed by atoms with Gasteiger partial charge < -0.3 is 5.73 Å². The van der Waals surface area contributed by atoms with Crippen molar-refractivity contribution >= 4 is 31.9 Å². The molecule has 0 aliphatic rings. The first-order valence-electron chi connectivity index (χ1n) is 6.65. The molecular weight excluding hydrogens is 382 g/mol. The lowest BCUT2D eigenvalue weighted by Crippen LogP contribution is -2.15. The lowest BCUT2D eigenvalue weighted by molar-refractivity contribution is 0.636. The molecular formula is C15H19Br2N3. The van der Waals surface area contributed by atoms with E-state index >= 15 is 0 Å². The van der Waals surface area contributed by atoms with E-state index in [2.05, 4.69) is 69.0 Å². The van der Waals surface area contributed by atoms with Gasteiger partial charge in [0, 0.05) is 24.0 Å². The van der Waals surface area contributed by atoms with Gasteiger partial charge in [-0.05, 0) is 46.5 Å². The van der Waals surface area contributed by atoms with E-state index in [4.69, 9.17) is 5.73 Å². The van der Waals surface area contributed by atoms with Crippen LogP contribution in [0.1, 0.15) is 35.5 Å². The second-order valence-electron chi connectivity index (χ2n) is 5.00. The van der Waals surface area contributed by atoms with Crippen molar-refractivity contribution < 1.29 is 0 Å². The maximum atomic E-state index is 6.35. The second kappa shape index (κ2) is 6.41. The highest BCUT2D eigenvalue weighted by Crippen LogP contribution is 2.27. The smallest absolute Gasteiger partial charge is 0.0766 e. The molecule has 0 aliphatic heterocycles. The Bertz CT molecular complexity index is 620. The van der Waals surface area contributed by atoms with Crippen LogP contribution in [0.3, 0.4) is 0 Å². The highest BCUT2D eigenvalue weighted by Gasteiger charge is 2.17. The minimum atomic E-state index is -0.0386. The summed E-state index contributed by atoms with van der Waals surface area (Å²) in [5.41, 5.74) is 10.9. The first kappa shape index (κ1) is 15.7. The maximum absolute atomic E-state index is 6.35. The van der Waals surface area contributed by atoms with E-state index < -0.39 is 0 Å². The largest absolute Gasteiger partial charge is 0.324 e. The molecule has 1 atom stereocenters. The minimum absolute atomic E-state index is 0.0386. The summed E-state index contributed by atoms with van der Waals surface area (Å²) in [6.07, 6.45) is 1.68. The highest BCUT2D eigenvalue weighted by atomic mass is 79.9. The number of nitrogens with two attached hydrogens (primary N) is 1. The summed E-state index contributed by atoms with van der Waals surface area (Å²) in [5, 5.41) is 4.51. The van der Waals surface area contributed by atoms with E-state index in [1.54, 1.807) is 0 Å². The molecule has 0 aliphatic carbocycles. The number of hydrogen-bond acceptors (Lipinski definition) is 2. The van der Waals surface area contributed by atoms with Crippen LogP contribution in [0.15, 0.2) is 27.1 Å². The quantitative estimate of drug-likeness (QED) is 0.840. The number of aryl methyl sites for hydroxylation is 3. The molecule has 108 valence electrons. The minimum Gasteiger partial charge on any atom is -0.324 e. The normalized spacial score (nSPS) is 12.7. The number of aromatic nitrogens is 2. The number of rotatable bonds is 4. The number of nitrogens with zero attached hydrogens (tertiary/aromatic N) is 2. The van der Waals surface area contributed by atoms with Crippen molar-refractivity contribution in [2.75, 3.05) is 0 Å². The molecule has 1 aromatic heterocycles. The van der Waals surface area contributed by atoms with E-state index in [1.165, 1.54) is 5.56 Å². The van der Waals surface area contributed by atoms with Gasteiger partial charge in [0.1, 0.15) is 0 Å². The Morgan fingerprint density at radius 1 is 1.35 bits per heavy atom. The van der Waals surface area contributed by atoms with Gasteiger partial charge >= 0.3 is 0 Å². The summed E-state index contributed by atoms with van der Waals surface area (Å²) in [7, 11) is 1.97. The van der Waals surface area contributed by atoms with Crippen LogP contribution in [0, 0.1) is 6.92 Å². The third-order valence-electron chi connectivity index (χ3n) is 3.54. The molecule has 0 bridgehead atoms. The molecule has 5 heteroatoms. The molecule has 0 radical (unpaired) electrons. The topological polar surface area (TPSA) is 43.8 Å². The average molecular weight is 401 g/mol. The zero-order chi connectivity index (χ0) is 14.9. The Hall–Kier alpha value is -0.650. The van der Waals surface area contributed by atoms with E-state index in [0.29, 0.717) is 0 Å². The van der Waals surface area contributed by atoms with Gasteiger partial charge in [0.05, 0.1) is 15.9 Å². The van der Waals surface area contributed by atoms with Crippen molar-refractivity contribution in [3.05, 3.63) is 49.7 Å². The molecule has 1 unspecified atom stereocenters. The van der Waals surface area contributed by atoms with Gasteiger partial charge in [-0.3, -0.25) is 4.68 Å². The molecule has 0 fully saturated rings. The predicted octanol–water partition coefficient (Wildman–Crippen LogP) is 4.06. The van der Waals surface area contributed by atoms with E-state index in [1.807, 2.05) is 11.7 Å². The second-order valence-corrected chi connectivity index (χ2v) is 6.65. The molecule has 1 heterocycles. The zero-order valence-electron chi connectivity index (χ0n) is 12.0. The van der Waals surface area contributed by atoms with Gasteiger partial charge in [-0.2, -0.15) is 5.10 Å². The molecule has 2 N–H and O–H groups in total. The summed E-state index contributed by atoms with van der Waals surface area (Å²) in [6, 6.07) is 6.25. The molecule has 0 saturated carbocycles. The molecule has 0 saturated heterocycles. The van der Waals surface area contributed by atoms with Crippen molar-refractivity contribution in [1.82, 2.24) is 9.78 Å². The van der Waals surface area contributed by atoms with Gasteiger partial charge in [-0.15, -0.1) is 0 Å². The van der Waals surface area contributed by atoms with Crippen LogP contribution in [-0.2, 0) is 19.9 Å². The van der Waals surface area contributed by atoms with Crippen molar-refractivity contribution in [2.45, 2.75) is 32.7 Å². The standard InChI is InChI=1S/C15H19Br2N3/c1-4-13-15(17)14(20(3)19-13)8-12(18)10-6-5-9(2)11(16)7-10/h5-7,12H,4,8,18H2,1-3H3. The molecule has 2 rings (SSSR count). The SMILES string of the molecule is CCc1nn(C)c(CC(N)c2ccc(C)c(Br)c2)c1Br. The predicted molar refractivity (Wildman–Crippen MR) is 89.8 cm³/mol. The van der Waals surface area contributed by atoms with Crippen molar-refractivity contribution in [3.8, 4) is 0 Å². The molecule has 1 aromatic carbocycles. The van der Waals surface area contributed by atoms with Gasteiger partial charge in [-0.25, -0.2) is 0 Å². The number of benzene rings is 1. The van der Waals surface area contributed by atoms with E-state index in [0.717, 1.165) is 38.7 Å². The van der Waals surface area contributed by atoms with Crippen LogP contribution in [0.4, 0.5) is 0 Å². The van der Waals surface area contributed by atoms with Crippen LogP contribution in [0.25, 0.3) is 0 Å². The van der Waals surface area contributed by atoms with Crippen LogP contribution >= 0.6 is 31.9 Å². The van der Waals surface area contributed by atoms with E-state index in [9.17, 15) is 0 Å². The van der Waals surface area contributed by atoms with Crippen LogP contribution in [0.2, 0.25) is 0 Å². The fourth-order valence-electron chi connectivity index (χ4n) is 2.21. The van der Waals surface area contributed by atoms with Gasteiger partial charge in [0.15, 0.2) is 0 Å². The molecule has 0 amide bonds. The monoisotopic (exact) mass is 399 g/mol. The van der Waals surface area contributed by atoms with Crippen LogP contribution in [0.5, 0.6) is 0 Å². The summed E-state index contributed by atoms with van der Waals surface area (Å²) in [6.45, 7) is 4.18.